The highest BCUT2D eigenvalue weighted by Crippen LogP contribution is 2.22. The van der Waals surface area contributed by atoms with Crippen molar-refractivity contribution < 1.29 is 9.53 Å². The Morgan fingerprint density at radius 3 is 2.95 bits per heavy atom. The van der Waals surface area contributed by atoms with Gasteiger partial charge in [-0.05, 0) is 51.1 Å². The Morgan fingerprint density at radius 2 is 2.32 bits per heavy atom. The molecule has 5 heteroatoms. The highest BCUT2D eigenvalue weighted by Gasteiger charge is 2.20. The van der Waals surface area contributed by atoms with E-state index in [-0.39, 0.29) is 0 Å². The number of benzene rings is 1. The van der Waals surface area contributed by atoms with Gasteiger partial charge in [0.1, 0.15) is 5.75 Å². The van der Waals surface area contributed by atoms with Crippen molar-refractivity contribution in [3.8, 4) is 5.75 Å². The number of carbonyl (C=O) groups is 1. The third kappa shape index (κ3) is 3.38. The van der Waals surface area contributed by atoms with Gasteiger partial charge in [0.05, 0.1) is 12.2 Å². The molecule has 1 saturated heterocycles. The van der Waals surface area contributed by atoms with Crippen LogP contribution in [-0.4, -0.2) is 37.0 Å². The lowest BCUT2D eigenvalue weighted by molar-refractivity contribution is 0.0996. The molecule has 0 aliphatic carbocycles. The maximum Gasteiger partial charge on any atom is 0.252 e. The highest BCUT2D eigenvalue weighted by atomic mass is 16.5. The molecule has 1 fully saturated rings. The molecule has 1 heterocycles. The molecule has 19 heavy (non-hydrogen) atoms. The zero-order valence-electron chi connectivity index (χ0n) is 11.3. The lowest BCUT2D eigenvalue weighted by Gasteiger charge is -2.19. The molecule has 0 bridgehead atoms. The van der Waals surface area contributed by atoms with Gasteiger partial charge in [-0.2, -0.15) is 0 Å². The number of hydrogen-bond donors (Lipinski definition) is 2. The molecule has 4 N–H and O–H groups in total. The van der Waals surface area contributed by atoms with Crippen molar-refractivity contribution in [1.82, 2.24) is 4.90 Å². The summed E-state index contributed by atoms with van der Waals surface area (Å²) in [5, 5.41) is 0. The van der Waals surface area contributed by atoms with Crippen molar-refractivity contribution in [2.75, 3.05) is 25.9 Å². The molecular weight excluding hydrogens is 242 g/mol. The first-order valence-electron chi connectivity index (χ1n) is 6.60. The van der Waals surface area contributed by atoms with E-state index in [1.165, 1.54) is 12.8 Å². The van der Waals surface area contributed by atoms with Gasteiger partial charge in [-0.1, -0.05) is 0 Å². The number of carbonyl (C=O) groups excluding carboxylic acids is 1. The van der Waals surface area contributed by atoms with Crippen LogP contribution >= 0.6 is 0 Å². The number of nitrogens with zero attached hydrogens (tertiary/aromatic N) is 1. The van der Waals surface area contributed by atoms with E-state index < -0.39 is 5.91 Å². The van der Waals surface area contributed by atoms with Crippen LogP contribution in [0.2, 0.25) is 0 Å². The van der Waals surface area contributed by atoms with Crippen LogP contribution in [0.25, 0.3) is 0 Å². The van der Waals surface area contributed by atoms with Crippen molar-refractivity contribution >= 4 is 11.6 Å². The summed E-state index contributed by atoms with van der Waals surface area (Å²) in [6, 6.07) is 5.54. The lowest BCUT2D eigenvalue weighted by Crippen LogP contribution is -2.26. The van der Waals surface area contributed by atoms with Crippen molar-refractivity contribution in [2.45, 2.75) is 25.3 Å². The minimum absolute atomic E-state index is 0.347. The summed E-state index contributed by atoms with van der Waals surface area (Å²) < 4.78 is 5.68. The molecule has 5 nitrogen and oxygen atoms in total. The first-order valence-corrected chi connectivity index (χ1v) is 6.60. The largest absolute Gasteiger partial charge is 0.493 e. The van der Waals surface area contributed by atoms with Gasteiger partial charge in [0.15, 0.2) is 0 Å². The number of likely N-dealkylation sites (tertiary alicyclic amines) is 1. The molecule has 1 amide bonds. The maximum atomic E-state index is 11.3. The number of nitrogen functional groups attached to an aromatic ring is 1. The van der Waals surface area contributed by atoms with Crippen molar-refractivity contribution in [1.29, 1.82) is 0 Å². The van der Waals surface area contributed by atoms with E-state index in [9.17, 15) is 4.79 Å². The molecule has 0 spiro atoms. The summed E-state index contributed by atoms with van der Waals surface area (Å²) in [5.41, 5.74) is 11.8. The molecule has 0 radical (unpaired) electrons. The van der Waals surface area contributed by atoms with E-state index in [1.807, 2.05) is 0 Å². The predicted octanol–water partition coefficient (Wildman–Crippen LogP) is 1.23. The van der Waals surface area contributed by atoms with Crippen LogP contribution in [0.1, 0.15) is 29.6 Å². The number of hydrogen-bond acceptors (Lipinski definition) is 4. The molecule has 1 unspecified atom stereocenters. The van der Waals surface area contributed by atoms with Crippen LogP contribution < -0.4 is 16.2 Å². The lowest BCUT2D eigenvalue weighted by atomic mass is 10.1. The maximum absolute atomic E-state index is 11.3. The van der Waals surface area contributed by atoms with Crippen molar-refractivity contribution in [3.05, 3.63) is 23.8 Å². The van der Waals surface area contributed by atoms with Crippen molar-refractivity contribution in [3.63, 3.8) is 0 Å². The van der Waals surface area contributed by atoms with Crippen molar-refractivity contribution in [2.24, 2.45) is 5.73 Å². The molecule has 0 aromatic heterocycles. The van der Waals surface area contributed by atoms with Crippen LogP contribution in [0.3, 0.4) is 0 Å². The van der Waals surface area contributed by atoms with E-state index in [0.717, 1.165) is 13.0 Å². The van der Waals surface area contributed by atoms with Crippen LogP contribution in [0, 0.1) is 0 Å². The highest BCUT2D eigenvalue weighted by molar-refractivity contribution is 5.96. The summed E-state index contributed by atoms with van der Waals surface area (Å²) in [5.74, 6) is 0.00244. The standard InChI is InChI=1S/C14H21N3O2/c1-17-7-2-3-11(17)6-8-19-13-5-4-10(15)9-12(13)14(16)18/h4-5,9,11H,2-3,6-8,15H2,1H3,(H2,16,18). The minimum Gasteiger partial charge on any atom is -0.493 e. The average Bonchev–Trinajstić information content (AvgIpc) is 2.77. The van der Waals surface area contributed by atoms with E-state index >= 15 is 0 Å². The van der Waals surface area contributed by atoms with Crippen LogP contribution in [0.4, 0.5) is 5.69 Å². The van der Waals surface area contributed by atoms with Gasteiger partial charge >= 0.3 is 0 Å². The molecule has 104 valence electrons. The van der Waals surface area contributed by atoms with Gasteiger partial charge in [-0.15, -0.1) is 0 Å². The zero-order chi connectivity index (χ0) is 13.8. The first kappa shape index (κ1) is 13.7. The predicted molar refractivity (Wildman–Crippen MR) is 75.1 cm³/mol. The number of rotatable bonds is 5. The Labute approximate surface area is 113 Å². The summed E-state index contributed by atoms with van der Waals surface area (Å²) in [7, 11) is 2.13. The minimum atomic E-state index is -0.514. The van der Waals surface area contributed by atoms with Gasteiger partial charge in [-0.25, -0.2) is 0 Å². The number of nitrogens with two attached hydrogens (primary N) is 2. The Kier molecular flexibility index (Phi) is 4.27. The SMILES string of the molecule is CN1CCCC1CCOc1ccc(N)cc1C(N)=O. The Balaban J connectivity index is 1.94. The second-order valence-electron chi connectivity index (χ2n) is 5.03. The molecule has 1 aliphatic rings. The second kappa shape index (κ2) is 5.93. The summed E-state index contributed by atoms with van der Waals surface area (Å²) in [6.07, 6.45) is 3.42. The number of amides is 1. The molecule has 0 saturated carbocycles. The second-order valence-corrected chi connectivity index (χ2v) is 5.03. The Bertz CT molecular complexity index is 462. The number of anilines is 1. The molecule has 1 aromatic carbocycles. The van der Waals surface area contributed by atoms with E-state index in [2.05, 4.69) is 11.9 Å². The molecular formula is C14H21N3O2. The molecule has 1 aromatic rings. The molecule has 2 rings (SSSR count). The van der Waals surface area contributed by atoms with Gasteiger partial charge in [0.2, 0.25) is 0 Å². The van der Waals surface area contributed by atoms with E-state index in [4.69, 9.17) is 16.2 Å². The summed E-state index contributed by atoms with van der Waals surface area (Å²) in [4.78, 5) is 13.7. The normalized spacial score (nSPS) is 19.5. The fraction of sp³-hybridized carbons (Fsp3) is 0.500. The first-order chi connectivity index (χ1) is 9.08. The van der Waals surface area contributed by atoms with Crippen LogP contribution in [0.5, 0.6) is 5.75 Å². The Morgan fingerprint density at radius 1 is 1.53 bits per heavy atom. The van der Waals surface area contributed by atoms with E-state index in [1.54, 1.807) is 18.2 Å². The average molecular weight is 263 g/mol. The fourth-order valence-corrected chi connectivity index (χ4v) is 2.51. The quantitative estimate of drug-likeness (QED) is 0.783. The van der Waals surface area contributed by atoms with Gasteiger partial charge in [0, 0.05) is 11.7 Å². The zero-order valence-corrected chi connectivity index (χ0v) is 11.3. The van der Waals surface area contributed by atoms with Gasteiger partial charge in [0.25, 0.3) is 5.91 Å². The number of ether oxygens (including phenoxy) is 1. The molecule has 1 aliphatic heterocycles. The van der Waals surface area contributed by atoms with E-state index in [0.29, 0.717) is 29.6 Å². The summed E-state index contributed by atoms with van der Waals surface area (Å²) >= 11 is 0. The number of primary amides is 1. The summed E-state index contributed by atoms with van der Waals surface area (Å²) in [6.45, 7) is 1.73. The monoisotopic (exact) mass is 263 g/mol. The topological polar surface area (TPSA) is 81.6 Å². The van der Waals surface area contributed by atoms with Crippen LogP contribution in [0.15, 0.2) is 18.2 Å². The smallest absolute Gasteiger partial charge is 0.252 e. The Hall–Kier alpha value is -1.75. The third-order valence-corrected chi connectivity index (χ3v) is 3.65. The fourth-order valence-electron chi connectivity index (χ4n) is 2.51. The van der Waals surface area contributed by atoms with Gasteiger partial charge in [-0.3, -0.25) is 4.79 Å². The third-order valence-electron chi connectivity index (χ3n) is 3.65. The van der Waals surface area contributed by atoms with Gasteiger partial charge < -0.3 is 21.1 Å². The van der Waals surface area contributed by atoms with Crippen LogP contribution in [-0.2, 0) is 0 Å². The molecule has 1 atom stereocenters.